The maximum atomic E-state index is 6.74. The number of hydrogen-bond acceptors (Lipinski definition) is 2. The SMILES string of the molecule is c1ccc(N(c2ccc(-c3ccc4ccccc4c3)cc2)c2ccc3cc(C4(c5ccccc5)c5ccccc5-c5c4ccc4c5oc5ccccc54)ccc3c2)cc1. The predicted molar refractivity (Wildman–Crippen MR) is 246 cm³/mol. The van der Waals surface area contributed by atoms with E-state index in [-0.39, 0.29) is 0 Å². The molecule has 0 spiro atoms. The monoisotopic (exact) mass is 751 g/mol. The van der Waals surface area contributed by atoms with E-state index in [0.29, 0.717) is 0 Å². The third kappa shape index (κ3) is 5.13. The molecule has 11 aromatic rings. The Bertz CT molecular complexity index is 3380. The molecule has 1 atom stereocenters. The first kappa shape index (κ1) is 33.5. The van der Waals surface area contributed by atoms with Crippen LogP contribution in [0.3, 0.4) is 0 Å². The van der Waals surface area contributed by atoms with E-state index in [4.69, 9.17) is 4.42 Å². The van der Waals surface area contributed by atoms with Gasteiger partial charge in [0.25, 0.3) is 0 Å². The van der Waals surface area contributed by atoms with Crippen molar-refractivity contribution in [3.63, 3.8) is 0 Å². The number of fused-ring (bicyclic) bond motifs is 9. The van der Waals surface area contributed by atoms with Gasteiger partial charge in [-0.25, -0.2) is 0 Å². The fourth-order valence-corrected chi connectivity index (χ4v) is 9.82. The van der Waals surface area contributed by atoms with Crippen molar-refractivity contribution >= 4 is 60.5 Å². The van der Waals surface area contributed by atoms with Crippen LogP contribution < -0.4 is 4.90 Å². The fourth-order valence-electron chi connectivity index (χ4n) is 9.82. The van der Waals surface area contributed by atoms with Crippen molar-refractivity contribution in [2.75, 3.05) is 4.90 Å². The van der Waals surface area contributed by atoms with Crippen molar-refractivity contribution in [3.8, 4) is 22.3 Å². The molecule has 0 N–H and O–H groups in total. The third-order valence-electron chi connectivity index (χ3n) is 12.5. The van der Waals surface area contributed by atoms with Crippen molar-refractivity contribution in [1.29, 1.82) is 0 Å². The molecule has 10 aromatic carbocycles. The fraction of sp³-hybridized carbons (Fsp3) is 0.0175. The van der Waals surface area contributed by atoms with E-state index in [2.05, 4.69) is 229 Å². The average molecular weight is 752 g/mol. The molecular weight excluding hydrogens is 715 g/mol. The Balaban J connectivity index is 1.00. The Labute approximate surface area is 342 Å². The summed E-state index contributed by atoms with van der Waals surface area (Å²) in [5.41, 5.74) is 14.4. The number of anilines is 3. The minimum absolute atomic E-state index is 0.546. The highest BCUT2D eigenvalue weighted by atomic mass is 16.3. The molecule has 59 heavy (non-hydrogen) atoms. The van der Waals surface area contributed by atoms with E-state index in [1.807, 2.05) is 0 Å². The van der Waals surface area contributed by atoms with Crippen molar-refractivity contribution in [1.82, 2.24) is 0 Å². The zero-order valence-electron chi connectivity index (χ0n) is 32.2. The molecule has 1 heterocycles. The van der Waals surface area contributed by atoms with Gasteiger partial charge in [0, 0.05) is 33.4 Å². The second-order valence-corrected chi connectivity index (χ2v) is 15.7. The highest BCUT2D eigenvalue weighted by molar-refractivity contribution is 6.12. The Kier molecular flexibility index (Phi) is 7.48. The predicted octanol–water partition coefficient (Wildman–Crippen LogP) is 15.4. The van der Waals surface area contributed by atoms with Gasteiger partial charge in [-0.1, -0.05) is 170 Å². The summed E-state index contributed by atoms with van der Waals surface area (Å²) in [5.74, 6) is 0. The number of rotatable bonds is 6. The van der Waals surface area contributed by atoms with E-state index in [0.717, 1.165) is 39.0 Å². The summed E-state index contributed by atoms with van der Waals surface area (Å²) >= 11 is 0. The summed E-state index contributed by atoms with van der Waals surface area (Å²) in [5, 5.41) is 7.17. The summed E-state index contributed by atoms with van der Waals surface area (Å²) in [6, 6.07) is 81.7. The number of nitrogens with zero attached hydrogens (tertiary/aromatic N) is 1. The minimum Gasteiger partial charge on any atom is -0.455 e. The molecule has 1 unspecified atom stereocenters. The molecule has 0 radical (unpaired) electrons. The van der Waals surface area contributed by atoms with E-state index in [9.17, 15) is 0 Å². The van der Waals surface area contributed by atoms with Crippen LogP contribution >= 0.6 is 0 Å². The smallest absolute Gasteiger partial charge is 0.143 e. The molecule has 1 aliphatic rings. The second kappa shape index (κ2) is 13.2. The lowest BCUT2D eigenvalue weighted by atomic mass is 9.67. The van der Waals surface area contributed by atoms with Crippen LogP contribution in [0.1, 0.15) is 22.3 Å². The number of benzene rings is 10. The molecule has 1 aromatic heterocycles. The first-order valence-corrected chi connectivity index (χ1v) is 20.3. The first-order chi connectivity index (χ1) is 29.2. The molecule has 12 rings (SSSR count). The summed E-state index contributed by atoms with van der Waals surface area (Å²) in [7, 11) is 0. The number of hydrogen-bond donors (Lipinski definition) is 0. The lowest BCUT2D eigenvalue weighted by molar-refractivity contribution is 0.669. The molecule has 0 saturated heterocycles. The lowest BCUT2D eigenvalue weighted by Gasteiger charge is -2.34. The first-order valence-electron chi connectivity index (χ1n) is 20.3. The minimum atomic E-state index is -0.546. The standard InChI is InChI=1S/C57H37NO/c1-3-15-44(16-4-1)57(52-21-11-9-20-51(52)55-53(57)34-33-50-49-19-10-12-22-54(49)59-56(50)55)45-29-25-43-37-48(32-28-42(43)36-45)58(46-17-5-2-6-18-46)47-30-26-39(27-31-47)41-24-23-38-13-7-8-14-40(38)35-41/h1-37H. The Morgan fingerprint density at radius 2 is 0.983 bits per heavy atom. The molecular formula is C57H37NO. The van der Waals surface area contributed by atoms with E-state index < -0.39 is 5.41 Å². The van der Waals surface area contributed by atoms with Gasteiger partial charge in [-0.05, 0) is 115 Å². The van der Waals surface area contributed by atoms with Crippen LogP contribution in [0.15, 0.2) is 229 Å². The van der Waals surface area contributed by atoms with E-state index in [1.54, 1.807) is 0 Å². The van der Waals surface area contributed by atoms with Gasteiger partial charge in [0.1, 0.15) is 11.2 Å². The third-order valence-corrected chi connectivity index (χ3v) is 12.5. The summed E-state index contributed by atoms with van der Waals surface area (Å²) in [6.45, 7) is 0. The molecule has 0 bridgehead atoms. The Morgan fingerprint density at radius 3 is 1.85 bits per heavy atom. The van der Waals surface area contributed by atoms with Crippen LogP contribution in [0.2, 0.25) is 0 Å². The summed E-state index contributed by atoms with van der Waals surface area (Å²) < 4.78 is 6.74. The quantitative estimate of drug-likeness (QED) is 0.168. The number of para-hydroxylation sites is 2. The van der Waals surface area contributed by atoms with E-state index in [1.165, 1.54) is 66.1 Å². The maximum Gasteiger partial charge on any atom is 0.143 e. The average Bonchev–Trinajstić information content (AvgIpc) is 3.84. The normalized spacial score (nSPS) is 14.5. The highest BCUT2D eigenvalue weighted by Crippen LogP contribution is 2.58. The van der Waals surface area contributed by atoms with Crippen LogP contribution in [-0.2, 0) is 5.41 Å². The molecule has 1 aliphatic carbocycles. The van der Waals surface area contributed by atoms with Crippen LogP contribution in [0.4, 0.5) is 17.1 Å². The molecule has 0 aliphatic heterocycles. The zero-order valence-corrected chi connectivity index (χ0v) is 32.2. The van der Waals surface area contributed by atoms with Crippen molar-refractivity contribution < 1.29 is 4.42 Å². The Morgan fingerprint density at radius 1 is 0.356 bits per heavy atom. The van der Waals surface area contributed by atoms with Crippen LogP contribution in [0.5, 0.6) is 0 Å². The molecule has 276 valence electrons. The maximum absolute atomic E-state index is 6.74. The van der Waals surface area contributed by atoms with Gasteiger partial charge in [-0.3, -0.25) is 0 Å². The van der Waals surface area contributed by atoms with Gasteiger partial charge in [-0.15, -0.1) is 0 Å². The highest BCUT2D eigenvalue weighted by Gasteiger charge is 2.47. The van der Waals surface area contributed by atoms with Gasteiger partial charge < -0.3 is 9.32 Å². The molecule has 2 nitrogen and oxygen atoms in total. The van der Waals surface area contributed by atoms with Gasteiger partial charge in [0.2, 0.25) is 0 Å². The molecule has 2 heteroatoms. The van der Waals surface area contributed by atoms with Crippen molar-refractivity contribution in [2.24, 2.45) is 0 Å². The molecule has 0 amide bonds. The largest absolute Gasteiger partial charge is 0.455 e. The van der Waals surface area contributed by atoms with Gasteiger partial charge in [0.05, 0.1) is 5.41 Å². The van der Waals surface area contributed by atoms with Crippen LogP contribution in [-0.4, -0.2) is 0 Å². The molecule has 0 fully saturated rings. The van der Waals surface area contributed by atoms with Crippen LogP contribution in [0.25, 0.3) is 65.7 Å². The Hall–Kier alpha value is -7.68. The van der Waals surface area contributed by atoms with Crippen molar-refractivity contribution in [3.05, 3.63) is 247 Å². The number of furan rings is 1. The lowest BCUT2D eigenvalue weighted by Crippen LogP contribution is -2.28. The summed E-state index contributed by atoms with van der Waals surface area (Å²) in [4.78, 5) is 2.35. The van der Waals surface area contributed by atoms with Crippen LogP contribution in [0, 0.1) is 0 Å². The molecule has 0 saturated carbocycles. The summed E-state index contributed by atoms with van der Waals surface area (Å²) in [6.07, 6.45) is 0. The zero-order chi connectivity index (χ0) is 38.9. The van der Waals surface area contributed by atoms with E-state index >= 15 is 0 Å². The van der Waals surface area contributed by atoms with Crippen molar-refractivity contribution in [2.45, 2.75) is 5.41 Å². The van der Waals surface area contributed by atoms with Gasteiger partial charge in [0.15, 0.2) is 0 Å². The van der Waals surface area contributed by atoms with Gasteiger partial charge in [-0.2, -0.15) is 0 Å². The van der Waals surface area contributed by atoms with Gasteiger partial charge >= 0.3 is 0 Å². The second-order valence-electron chi connectivity index (χ2n) is 15.7. The topological polar surface area (TPSA) is 16.4 Å².